The lowest BCUT2D eigenvalue weighted by molar-refractivity contribution is -0.120. The van der Waals surface area contributed by atoms with Gasteiger partial charge in [-0.3, -0.25) is 4.79 Å². The van der Waals surface area contributed by atoms with Gasteiger partial charge in [-0.1, -0.05) is 54.6 Å². The highest BCUT2D eigenvalue weighted by atomic mass is 16.1. The summed E-state index contributed by atoms with van der Waals surface area (Å²) >= 11 is 0. The third kappa shape index (κ3) is 5.40. The first-order valence-electron chi connectivity index (χ1n) is 7.36. The molecule has 0 radical (unpaired) electrons. The van der Waals surface area contributed by atoms with Crippen molar-refractivity contribution in [2.45, 2.75) is 25.8 Å². The zero-order chi connectivity index (χ0) is 14.9. The minimum atomic E-state index is 0.0727. The fourth-order valence-corrected chi connectivity index (χ4v) is 2.21. The van der Waals surface area contributed by atoms with Crippen LogP contribution in [-0.4, -0.2) is 12.5 Å². The number of amides is 1. The van der Waals surface area contributed by atoms with Gasteiger partial charge in [-0.15, -0.1) is 0 Å². The number of benzene rings is 2. The van der Waals surface area contributed by atoms with Crippen LogP contribution in [0.5, 0.6) is 0 Å². The molecule has 1 amide bonds. The van der Waals surface area contributed by atoms with Crippen molar-refractivity contribution in [3.8, 4) is 0 Å². The van der Waals surface area contributed by atoms with E-state index in [9.17, 15) is 4.79 Å². The van der Waals surface area contributed by atoms with Crippen LogP contribution >= 0.6 is 0 Å². The Morgan fingerprint density at radius 2 is 1.57 bits per heavy atom. The molecular weight excluding hydrogens is 260 g/mol. The predicted molar refractivity (Wildman–Crippen MR) is 85.8 cm³/mol. The summed E-state index contributed by atoms with van der Waals surface area (Å²) in [7, 11) is 0. The molecule has 2 aromatic carbocycles. The van der Waals surface area contributed by atoms with Gasteiger partial charge in [0.1, 0.15) is 0 Å². The van der Waals surface area contributed by atoms with Gasteiger partial charge in [0.25, 0.3) is 0 Å². The van der Waals surface area contributed by atoms with Crippen molar-refractivity contribution in [3.63, 3.8) is 0 Å². The van der Waals surface area contributed by atoms with Gasteiger partial charge in [0.15, 0.2) is 0 Å². The number of carbonyl (C=O) groups is 1. The molecule has 0 spiro atoms. The van der Waals surface area contributed by atoms with Crippen LogP contribution in [0.4, 0.5) is 0 Å². The average molecular weight is 282 g/mol. The Hall–Kier alpha value is -2.13. The van der Waals surface area contributed by atoms with Crippen LogP contribution in [0.1, 0.15) is 23.1 Å². The van der Waals surface area contributed by atoms with Gasteiger partial charge in [0, 0.05) is 13.1 Å². The topological polar surface area (TPSA) is 55.1 Å². The predicted octanol–water partition coefficient (Wildman–Crippen LogP) is 2.44. The average Bonchev–Trinajstić information content (AvgIpc) is 2.53. The second kappa shape index (κ2) is 8.22. The quantitative estimate of drug-likeness (QED) is 0.766. The van der Waals surface area contributed by atoms with Gasteiger partial charge in [-0.2, -0.15) is 0 Å². The maximum Gasteiger partial charge on any atom is 0.224 e. The zero-order valence-corrected chi connectivity index (χ0v) is 12.2. The molecule has 3 N–H and O–H groups in total. The standard InChI is InChI=1S/C18H22N2O/c19-14-17-10-8-16(9-11-17)13-18(21)20-12-4-7-15-5-2-1-3-6-15/h1-3,5-6,8-11H,4,7,12-14,19H2,(H,20,21). The van der Waals surface area contributed by atoms with Crippen LogP contribution in [0.15, 0.2) is 54.6 Å². The van der Waals surface area contributed by atoms with E-state index in [0.717, 1.165) is 24.0 Å². The van der Waals surface area contributed by atoms with E-state index < -0.39 is 0 Å². The zero-order valence-electron chi connectivity index (χ0n) is 12.2. The van der Waals surface area contributed by atoms with Crippen molar-refractivity contribution in [2.75, 3.05) is 6.54 Å². The van der Waals surface area contributed by atoms with E-state index in [1.54, 1.807) is 0 Å². The summed E-state index contributed by atoms with van der Waals surface area (Å²) in [5.41, 5.74) is 8.97. The molecule has 2 rings (SSSR count). The number of nitrogens with two attached hydrogens (primary N) is 1. The number of carbonyl (C=O) groups excluding carboxylic acids is 1. The Bertz CT molecular complexity index is 549. The molecule has 0 heterocycles. The van der Waals surface area contributed by atoms with E-state index >= 15 is 0 Å². The Kier molecular flexibility index (Phi) is 5.98. The molecule has 110 valence electrons. The fraction of sp³-hybridized carbons (Fsp3) is 0.278. The molecule has 21 heavy (non-hydrogen) atoms. The van der Waals surface area contributed by atoms with E-state index in [1.165, 1.54) is 5.56 Å². The van der Waals surface area contributed by atoms with Crippen LogP contribution in [0, 0.1) is 0 Å². The molecule has 3 heteroatoms. The van der Waals surface area contributed by atoms with Crippen molar-refractivity contribution < 1.29 is 4.79 Å². The summed E-state index contributed by atoms with van der Waals surface area (Å²) in [4.78, 5) is 11.8. The van der Waals surface area contributed by atoms with Gasteiger partial charge in [-0.25, -0.2) is 0 Å². The lowest BCUT2D eigenvalue weighted by Gasteiger charge is -2.06. The smallest absolute Gasteiger partial charge is 0.224 e. The Balaban J connectivity index is 1.67. The van der Waals surface area contributed by atoms with Crippen molar-refractivity contribution >= 4 is 5.91 Å². The molecule has 0 aromatic heterocycles. The molecule has 0 unspecified atom stereocenters. The van der Waals surface area contributed by atoms with Crippen molar-refractivity contribution in [3.05, 3.63) is 71.3 Å². The third-order valence-electron chi connectivity index (χ3n) is 3.43. The molecule has 0 atom stereocenters. The van der Waals surface area contributed by atoms with Crippen LogP contribution in [0.3, 0.4) is 0 Å². The lowest BCUT2D eigenvalue weighted by Crippen LogP contribution is -2.26. The lowest BCUT2D eigenvalue weighted by atomic mass is 10.1. The van der Waals surface area contributed by atoms with Crippen LogP contribution < -0.4 is 11.1 Å². The largest absolute Gasteiger partial charge is 0.356 e. The molecule has 0 bridgehead atoms. The van der Waals surface area contributed by atoms with Crippen molar-refractivity contribution in [2.24, 2.45) is 5.73 Å². The number of hydrogen-bond donors (Lipinski definition) is 2. The molecule has 0 aliphatic heterocycles. The highest BCUT2D eigenvalue weighted by Crippen LogP contribution is 2.05. The summed E-state index contributed by atoms with van der Waals surface area (Å²) in [6.07, 6.45) is 2.38. The van der Waals surface area contributed by atoms with Gasteiger partial charge in [0.05, 0.1) is 6.42 Å². The number of hydrogen-bond acceptors (Lipinski definition) is 2. The first kappa shape index (κ1) is 15.3. The number of rotatable bonds is 7. The fourth-order valence-electron chi connectivity index (χ4n) is 2.21. The van der Waals surface area contributed by atoms with Crippen LogP contribution in [-0.2, 0) is 24.2 Å². The maximum absolute atomic E-state index is 11.8. The summed E-state index contributed by atoms with van der Waals surface area (Å²) < 4.78 is 0. The SMILES string of the molecule is NCc1ccc(CC(=O)NCCCc2ccccc2)cc1. The summed E-state index contributed by atoms with van der Waals surface area (Å²) in [6.45, 7) is 1.25. The van der Waals surface area contributed by atoms with Gasteiger partial charge < -0.3 is 11.1 Å². The Labute approximate surface area is 126 Å². The number of aryl methyl sites for hydroxylation is 1. The summed E-state index contributed by atoms with van der Waals surface area (Å²) in [5.74, 6) is 0.0727. The minimum Gasteiger partial charge on any atom is -0.356 e. The first-order valence-corrected chi connectivity index (χ1v) is 7.36. The monoisotopic (exact) mass is 282 g/mol. The van der Waals surface area contributed by atoms with Gasteiger partial charge in [-0.05, 0) is 29.5 Å². The van der Waals surface area contributed by atoms with Gasteiger partial charge >= 0.3 is 0 Å². The molecule has 0 aliphatic carbocycles. The third-order valence-corrected chi connectivity index (χ3v) is 3.43. The van der Waals surface area contributed by atoms with Gasteiger partial charge in [0.2, 0.25) is 5.91 Å². The second-order valence-corrected chi connectivity index (χ2v) is 5.14. The highest BCUT2D eigenvalue weighted by molar-refractivity contribution is 5.78. The van der Waals surface area contributed by atoms with E-state index in [1.807, 2.05) is 42.5 Å². The highest BCUT2D eigenvalue weighted by Gasteiger charge is 2.02. The van der Waals surface area contributed by atoms with Crippen molar-refractivity contribution in [1.29, 1.82) is 0 Å². The summed E-state index contributed by atoms with van der Waals surface area (Å²) in [5, 5.41) is 2.97. The molecule has 3 nitrogen and oxygen atoms in total. The molecule has 0 saturated carbocycles. The van der Waals surface area contributed by atoms with E-state index in [0.29, 0.717) is 19.5 Å². The Morgan fingerprint density at radius 3 is 2.24 bits per heavy atom. The molecule has 0 fully saturated rings. The minimum absolute atomic E-state index is 0.0727. The van der Waals surface area contributed by atoms with Crippen LogP contribution in [0.2, 0.25) is 0 Å². The van der Waals surface area contributed by atoms with E-state index in [4.69, 9.17) is 5.73 Å². The van der Waals surface area contributed by atoms with Crippen LogP contribution in [0.25, 0.3) is 0 Å². The molecular formula is C18H22N2O. The van der Waals surface area contributed by atoms with Crippen molar-refractivity contribution in [1.82, 2.24) is 5.32 Å². The first-order chi connectivity index (χ1) is 10.3. The molecule has 0 aliphatic rings. The molecule has 0 saturated heterocycles. The molecule has 2 aromatic rings. The Morgan fingerprint density at radius 1 is 0.905 bits per heavy atom. The number of nitrogens with one attached hydrogen (secondary N) is 1. The van der Waals surface area contributed by atoms with E-state index in [2.05, 4.69) is 17.4 Å². The second-order valence-electron chi connectivity index (χ2n) is 5.14. The summed E-state index contributed by atoms with van der Waals surface area (Å²) in [6, 6.07) is 18.2. The maximum atomic E-state index is 11.8. The van der Waals surface area contributed by atoms with E-state index in [-0.39, 0.29) is 5.91 Å². The normalized spacial score (nSPS) is 10.3.